The molecule has 6 rings (SSSR count). The van der Waals surface area contributed by atoms with E-state index in [4.69, 9.17) is 26.5 Å². The van der Waals surface area contributed by atoms with E-state index in [-0.39, 0.29) is 41.8 Å². The lowest BCUT2D eigenvalue weighted by atomic mass is 9.92. The van der Waals surface area contributed by atoms with Crippen molar-refractivity contribution in [2.24, 2.45) is 0 Å². The van der Waals surface area contributed by atoms with Crippen LogP contribution in [0, 0.1) is 0 Å². The number of phenolic OH excluding ortho intramolecular Hbond substituents is 1. The first-order chi connectivity index (χ1) is 22.5. The lowest BCUT2D eigenvalue weighted by Crippen LogP contribution is -2.29. The molecule has 6 aromatic rings. The number of hydrogen-bond donors (Lipinski definition) is 5. The first kappa shape index (κ1) is 31.9. The number of aromatic hydroxyl groups is 1. The SMILES string of the molecule is CC(C)(C)c1cc(NC(=O)NCc2ccccc2Oc2ccc3c(c2)sc2ncc(C(=O)NCCO)n23)n(-c2ccc(O)c(Cl)c2)n1. The number of imidazole rings is 1. The van der Waals surface area contributed by atoms with Gasteiger partial charge in [0.1, 0.15) is 28.8 Å². The van der Waals surface area contributed by atoms with Gasteiger partial charge in [-0.05, 0) is 36.4 Å². The second-order valence-corrected chi connectivity index (χ2v) is 13.1. The maximum Gasteiger partial charge on any atom is 0.320 e. The highest BCUT2D eigenvalue weighted by Crippen LogP contribution is 2.34. The Morgan fingerprint density at radius 2 is 1.85 bits per heavy atom. The number of amides is 3. The summed E-state index contributed by atoms with van der Waals surface area (Å²) in [5.41, 5.74) is 2.98. The molecule has 0 aliphatic heterocycles. The van der Waals surface area contributed by atoms with Crippen molar-refractivity contribution in [1.82, 2.24) is 29.8 Å². The van der Waals surface area contributed by atoms with E-state index in [0.29, 0.717) is 33.7 Å². The van der Waals surface area contributed by atoms with E-state index in [1.807, 2.05) is 63.2 Å². The molecule has 0 radical (unpaired) electrons. The van der Waals surface area contributed by atoms with Crippen molar-refractivity contribution in [2.45, 2.75) is 32.7 Å². The smallest absolute Gasteiger partial charge is 0.320 e. The Labute approximate surface area is 278 Å². The maximum absolute atomic E-state index is 13.1. The zero-order valence-electron chi connectivity index (χ0n) is 25.7. The number of urea groups is 1. The van der Waals surface area contributed by atoms with Gasteiger partial charge in [-0.3, -0.25) is 14.5 Å². The number of aliphatic hydroxyl groups is 1. The van der Waals surface area contributed by atoms with Gasteiger partial charge in [-0.1, -0.05) is 61.9 Å². The van der Waals surface area contributed by atoms with E-state index >= 15 is 0 Å². The lowest BCUT2D eigenvalue weighted by molar-refractivity contribution is 0.0939. The third-order valence-electron chi connectivity index (χ3n) is 7.27. The topological polar surface area (TPSA) is 155 Å². The van der Waals surface area contributed by atoms with Crippen LogP contribution in [-0.4, -0.2) is 54.5 Å². The van der Waals surface area contributed by atoms with Crippen LogP contribution in [0.2, 0.25) is 5.02 Å². The number of carbonyl (C=O) groups is 2. The van der Waals surface area contributed by atoms with Crippen molar-refractivity contribution < 1.29 is 24.5 Å². The van der Waals surface area contributed by atoms with Gasteiger partial charge in [-0.15, -0.1) is 0 Å². The maximum atomic E-state index is 13.1. The molecule has 0 spiro atoms. The number of phenols is 1. The summed E-state index contributed by atoms with van der Waals surface area (Å²) < 4.78 is 10.5. The van der Waals surface area contributed by atoms with Crippen LogP contribution < -0.4 is 20.7 Å². The summed E-state index contributed by atoms with van der Waals surface area (Å²) in [7, 11) is 0. The fourth-order valence-corrected chi connectivity index (χ4v) is 6.06. The normalized spacial score (nSPS) is 11.6. The van der Waals surface area contributed by atoms with Crippen LogP contribution in [0.4, 0.5) is 10.6 Å². The van der Waals surface area contributed by atoms with E-state index < -0.39 is 6.03 Å². The predicted octanol–water partition coefficient (Wildman–Crippen LogP) is 6.23. The van der Waals surface area contributed by atoms with Crippen LogP contribution in [0.3, 0.4) is 0 Å². The molecule has 0 aliphatic carbocycles. The number of thiazole rings is 1. The summed E-state index contributed by atoms with van der Waals surface area (Å²) in [6.45, 7) is 6.25. The Hall–Kier alpha value is -5.11. The number of para-hydroxylation sites is 1. The first-order valence-corrected chi connectivity index (χ1v) is 15.9. The Morgan fingerprint density at radius 1 is 1.04 bits per heavy atom. The van der Waals surface area contributed by atoms with Crippen LogP contribution >= 0.6 is 22.9 Å². The monoisotopic (exact) mass is 673 g/mol. The van der Waals surface area contributed by atoms with Crippen molar-refractivity contribution in [3.05, 3.63) is 94.9 Å². The molecule has 3 heterocycles. The van der Waals surface area contributed by atoms with Gasteiger partial charge in [0.25, 0.3) is 5.91 Å². The number of benzene rings is 3. The van der Waals surface area contributed by atoms with E-state index in [9.17, 15) is 14.7 Å². The highest BCUT2D eigenvalue weighted by atomic mass is 35.5. The molecule has 47 heavy (non-hydrogen) atoms. The number of ether oxygens (including phenoxy) is 1. The highest BCUT2D eigenvalue weighted by Gasteiger charge is 2.22. The molecule has 3 aromatic carbocycles. The number of fused-ring (bicyclic) bond motifs is 3. The van der Waals surface area contributed by atoms with Crippen LogP contribution in [-0.2, 0) is 12.0 Å². The summed E-state index contributed by atoms with van der Waals surface area (Å²) in [5.74, 6) is 1.21. The number of aliphatic hydroxyl groups excluding tert-OH is 1. The molecule has 14 heteroatoms. The quantitative estimate of drug-likeness (QED) is 0.122. The Morgan fingerprint density at radius 3 is 2.62 bits per heavy atom. The average molecular weight is 674 g/mol. The van der Waals surface area contributed by atoms with Crippen molar-refractivity contribution in [1.29, 1.82) is 0 Å². The Balaban J connectivity index is 1.18. The summed E-state index contributed by atoms with van der Waals surface area (Å²) in [6.07, 6.45) is 1.52. The summed E-state index contributed by atoms with van der Waals surface area (Å²) in [6, 6.07) is 19.0. The summed E-state index contributed by atoms with van der Waals surface area (Å²) in [4.78, 5) is 30.7. The molecule has 3 amide bonds. The molecule has 0 aliphatic rings. The van der Waals surface area contributed by atoms with Gasteiger partial charge in [-0.2, -0.15) is 5.10 Å². The second-order valence-electron chi connectivity index (χ2n) is 11.7. The number of nitrogens with zero attached hydrogens (tertiary/aromatic N) is 4. The lowest BCUT2D eigenvalue weighted by Gasteiger charge is -2.14. The molecule has 0 atom stereocenters. The van der Waals surface area contributed by atoms with Crippen molar-refractivity contribution >= 4 is 55.9 Å². The van der Waals surface area contributed by atoms with Gasteiger partial charge in [0, 0.05) is 36.2 Å². The number of nitrogens with one attached hydrogen (secondary N) is 3. The second kappa shape index (κ2) is 12.9. The number of halogens is 1. The van der Waals surface area contributed by atoms with Gasteiger partial charge in [-0.25, -0.2) is 14.5 Å². The Bertz CT molecular complexity index is 2110. The van der Waals surface area contributed by atoms with Crippen molar-refractivity contribution in [3.63, 3.8) is 0 Å². The Kier molecular flexibility index (Phi) is 8.78. The zero-order valence-corrected chi connectivity index (χ0v) is 27.3. The third kappa shape index (κ3) is 6.73. The molecular weight excluding hydrogens is 642 g/mol. The number of aromatic nitrogens is 4. The summed E-state index contributed by atoms with van der Waals surface area (Å²) >= 11 is 7.58. The van der Waals surface area contributed by atoms with Crippen LogP contribution in [0.25, 0.3) is 20.9 Å². The standard InChI is InChI=1S/C33H32ClN7O5S/c1-33(2,3)28-16-29(41(39-28)20-8-11-25(43)22(34)14-20)38-31(45)36-17-19-6-4-5-7-26(19)46-21-9-10-23-27(15-21)47-32-37-18-24(40(23)32)30(44)35-12-13-42/h4-11,14-16,18,42-43H,12-13,17H2,1-3H3,(H,35,44)(H2,36,38,45). The molecule has 0 unspecified atom stereocenters. The van der Waals surface area contributed by atoms with E-state index in [1.54, 1.807) is 27.3 Å². The van der Waals surface area contributed by atoms with Crippen LogP contribution in [0.15, 0.2) is 72.9 Å². The molecular formula is C33H32ClN7O5S. The van der Waals surface area contributed by atoms with E-state index in [0.717, 1.165) is 21.5 Å². The molecule has 5 N–H and O–H groups in total. The minimum atomic E-state index is -0.450. The van der Waals surface area contributed by atoms with Crippen molar-refractivity contribution in [3.8, 4) is 22.9 Å². The number of hydrogen-bond acceptors (Lipinski definition) is 8. The van der Waals surface area contributed by atoms with Gasteiger partial charge >= 0.3 is 6.03 Å². The van der Waals surface area contributed by atoms with Crippen LogP contribution in [0.1, 0.15) is 42.5 Å². The first-order valence-electron chi connectivity index (χ1n) is 14.7. The highest BCUT2D eigenvalue weighted by molar-refractivity contribution is 7.23. The zero-order chi connectivity index (χ0) is 33.3. The van der Waals surface area contributed by atoms with Gasteiger partial charge in [0.2, 0.25) is 0 Å². The third-order valence-corrected chi connectivity index (χ3v) is 8.59. The number of carbonyl (C=O) groups excluding carboxylic acids is 2. The number of anilines is 1. The number of rotatable bonds is 9. The molecule has 12 nitrogen and oxygen atoms in total. The molecule has 0 saturated carbocycles. The van der Waals surface area contributed by atoms with E-state index in [2.05, 4.69) is 20.9 Å². The van der Waals surface area contributed by atoms with Gasteiger partial charge in [0.15, 0.2) is 4.96 Å². The average Bonchev–Trinajstić information content (AvgIpc) is 3.74. The molecule has 0 bridgehead atoms. The summed E-state index contributed by atoms with van der Waals surface area (Å²) in [5, 5.41) is 32.2. The molecule has 0 saturated heterocycles. The molecule has 0 fully saturated rings. The van der Waals surface area contributed by atoms with Crippen molar-refractivity contribution in [2.75, 3.05) is 18.5 Å². The van der Waals surface area contributed by atoms with Gasteiger partial charge in [0.05, 0.1) is 39.4 Å². The molecule has 3 aromatic heterocycles. The minimum Gasteiger partial charge on any atom is -0.506 e. The fourth-order valence-electron chi connectivity index (χ4n) is 4.86. The van der Waals surface area contributed by atoms with Gasteiger partial charge < -0.3 is 25.6 Å². The largest absolute Gasteiger partial charge is 0.506 e. The minimum absolute atomic E-state index is 0.0502. The molecule has 242 valence electrons. The van der Waals surface area contributed by atoms with Crippen LogP contribution in [0.5, 0.6) is 17.2 Å². The fraction of sp³-hybridized carbons (Fsp3) is 0.212. The predicted molar refractivity (Wildman–Crippen MR) is 181 cm³/mol. The van der Waals surface area contributed by atoms with E-state index in [1.165, 1.54) is 23.6 Å².